The van der Waals surface area contributed by atoms with Crippen molar-refractivity contribution in [1.29, 1.82) is 0 Å². The maximum atomic E-state index is 13.0. The fourth-order valence-corrected chi connectivity index (χ4v) is 4.52. The van der Waals surface area contributed by atoms with E-state index in [9.17, 15) is 12.8 Å². The number of hydrogen-bond donors (Lipinski definition) is 0. The van der Waals surface area contributed by atoms with Crippen molar-refractivity contribution in [3.05, 3.63) is 64.4 Å². The Labute approximate surface area is 143 Å². The molecule has 1 saturated heterocycles. The lowest BCUT2D eigenvalue weighted by atomic mass is 10.1. The second-order valence-electron chi connectivity index (χ2n) is 5.23. The van der Waals surface area contributed by atoms with E-state index in [1.165, 1.54) is 16.4 Å². The quantitative estimate of drug-likeness (QED) is 0.794. The van der Waals surface area contributed by atoms with Crippen molar-refractivity contribution in [3.63, 3.8) is 0 Å². The third kappa shape index (κ3) is 3.63. The summed E-state index contributed by atoms with van der Waals surface area (Å²) < 4.78 is 46.3. The molecule has 0 saturated carbocycles. The van der Waals surface area contributed by atoms with E-state index in [4.69, 9.17) is 4.74 Å². The van der Waals surface area contributed by atoms with E-state index in [0.29, 0.717) is 17.6 Å². The normalized spacial score (nSPS) is 19.7. The molecule has 4 nitrogen and oxygen atoms in total. The van der Waals surface area contributed by atoms with E-state index in [-0.39, 0.29) is 17.3 Å². The molecule has 3 rings (SSSR count). The number of ether oxygens (including phenoxy) is 1. The van der Waals surface area contributed by atoms with Crippen LogP contribution in [0.4, 0.5) is 4.39 Å². The molecule has 1 aliphatic rings. The summed E-state index contributed by atoms with van der Waals surface area (Å²) in [7, 11) is -3.58. The Balaban J connectivity index is 1.84. The minimum absolute atomic E-state index is 0.209. The molecular formula is C16H15BrFNO3S. The van der Waals surface area contributed by atoms with E-state index in [1.807, 2.05) is 0 Å². The first kappa shape index (κ1) is 16.6. The van der Waals surface area contributed by atoms with E-state index in [0.717, 1.165) is 5.56 Å². The highest BCUT2D eigenvalue weighted by molar-refractivity contribution is 9.10. The van der Waals surface area contributed by atoms with Crippen LogP contribution < -0.4 is 0 Å². The Kier molecular flexibility index (Phi) is 4.82. The SMILES string of the molecule is O=S(=O)(c1cccc(Br)c1)N1CCOC(c2ccc(F)cc2)C1. The molecule has 122 valence electrons. The highest BCUT2D eigenvalue weighted by Crippen LogP contribution is 2.27. The third-order valence-electron chi connectivity index (χ3n) is 3.70. The van der Waals surface area contributed by atoms with Gasteiger partial charge in [-0.15, -0.1) is 0 Å². The minimum Gasteiger partial charge on any atom is -0.371 e. The lowest BCUT2D eigenvalue weighted by Crippen LogP contribution is -2.42. The van der Waals surface area contributed by atoms with Crippen molar-refractivity contribution < 1.29 is 17.5 Å². The van der Waals surface area contributed by atoms with E-state index < -0.39 is 16.1 Å². The Morgan fingerprint density at radius 2 is 1.91 bits per heavy atom. The van der Waals surface area contributed by atoms with Crippen LogP contribution in [0.25, 0.3) is 0 Å². The zero-order valence-electron chi connectivity index (χ0n) is 12.2. The molecule has 1 unspecified atom stereocenters. The number of morpholine rings is 1. The standard InChI is InChI=1S/C16H15BrFNO3S/c17-13-2-1-3-15(10-13)23(20,21)19-8-9-22-16(11-19)12-4-6-14(18)7-5-12/h1-7,10,16H,8-9,11H2. The van der Waals surface area contributed by atoms with Gasteiger partial charge in [0.1, 0.15) is 5.82 Å². The molecule has 1 aliphatic heterocycles. The second kappa shape index (κ2) is 6.68. The zero-order valence-corrected chi connectivity index (χ0v) is 14.6. The topological polar surface area (TPSA) is 46.6 Å². The molecule has 0 aliphatic carbocycles. The van der Waals surface area contributed by atoms with Gasteiger partial charge in [-0.25, -0.2) is 12.8 Å². The molecule has 2 aromatic carbocycles. The van der Waals surface area contributed by atoms with Gasteiger partial charge >= 0.3 is 0 Å². The molecule has 1 fully saturated rings. The van der Waals surface area contributed by atoms with Crippen LogP contribution in [-0.2, 0) is 14.8 Å². The Morgan fingerprint density at radius 3 is 2.61 bits per heavy atom. The predicted molar refractivity (Wildman–Crippen MR) is 88.0 cm³/mol. The van der Waals surface area contributed by atoms with Crippen LogP contribution in [0, 0.1) is 5.82 Å². The first-order chi connectivity index (χ1) is 11.0. The fraction of sp³-hybridized carbons (Fsp3) is 0.250. The molecule has 23 heavy (non-hydrogen) atoms. The van der Waals surface area contributed by atoms with Gasteiger partial charge in [0.15, 0.2) is 0 Å². The van der Waals surface area contributed by atoms with Crippen LogP contribution in [0.5, 0.6) is 0 Å². The molecule has 2 aromatic rings. The molecule has 0 radical (unpaired) electrons. The molecule has 1 heterocycles. The summed E-state index contributed by atoms with van der Waals surface area (Å²) in [6.07, 6.45) is -0.397. The lowest BCUT2D eigenvalue weighted by Gasteiger charge is -2.32. The summed E-state index contributed by atoms with van der Waals surface area (Å²) in [6, 6.07) is 12.6. The summed E-state index contributed by atoms with van der Waals surface area (Å²) in [4.78, 5) is 0.242. The van der Waals surface area contributed by atoms with Crippen molar-refractivity contribution in [1.82, 2.24) is 4.31 Å². The van der Waals surface area contributed by atoms with Crippen LogP contribution in [0.15, 0.2) is 57.9 Å². The van der Waals surface area contributed by atoms with Crippen LogP contribution >= 0.6 is 15.9 Å². The van der Waals surface area contributed by atoms with Gasteiger partial charge in [0.2, 0.25) is 10.0 Å². The summed E-state index contributed by atoms with van der Waals surface area (Å²) in [5.41, 5.74) is 0.764. The smallest absolute Gasteiger partial charge is 0.243 e. The molecule has 0 aromatic heterocycles. The van der Waals surface area contributed by atoms with Crippen molar-refractivity contribution in [2.75, 3.05) is 19.7 Å². The zero-order chi connectivity index (χ0) is 16.4. The summed E-state index contributed by atoms with van der Waals surface area (Å²) in [6.45, 7) is 0.808. The van der Waals surface area contributed by atoms with Crippen LogP contribution in [0.3, 0.4) is 0 Å². The van der Waals surface area contributed by atoms with Gasteiger partial charge in [-0.1, -0.05) is 34.1 Å². The van der Waals surface area contributed by atoms with Crippen LogP contribution in [0.1, 0.15) is 11.7 Å². The highest BCUT2D eigenvalue weighted by atomic mass is 79.9. The second-order valence-corrected chi connectivity index (χ2v) is 8.09. The maximum Gasteiger partial charge on any atom is 0.243 e. The van der Waals surface area contributed by atoms with E-state index >= 15 is 0 Å². The number of benzene rings is 2. The molecule has 0 amide bonds. The third-order valence-corrected chi connectivity index (χ3v) is 6.06. The largest absolute Gasteiger partial charge is 0.371 e. The molecule has 0 N–H and O–H groups in total. The fourth-order valence-electron chi connectivity index (χ4n) is 2.50. The molecular weight excluding hydrogens is 385 g/mol. The first-order valence-corrected chi connectivity index (χ1v) is 9.33. The molecule has 0 bridgehead atoms. The van der Waals surface area contributed by atoms with Crippen molar-refractivity contribution >= 4 is 26.0 Å². The average molecular weight is 400 g/mol. The first-order valence-electron chi connectivity index (χ1n) is 7.09. The highest BCUT2D eigenvalue weighted by Gasteiger charge is 2.31. The van der Waals surface area contributed by atoms with Crippen molar-refractivity contribution in [2.24, 2.45) is 0 Å². The molecule has 7 heteroatoms. The van der Waals surface area contributed by atoms with Gasteiger partial charge in [-0.05, 0) is 35.9 Å². The number of hydrogen-bond acceptors (Lipinski definition) is 3. The molecule has 1 atom stereocenters. The van der Waals surface area contributed by atoms with E-state index in [1.54, 1.807) is 36.4 Å². The summed E-state index contributed by atoms with van der Waals surface area (Å²) in [5, 5.41) is 0. The van der Waals surface area contributed by atoms with Crippen molar-refractivity contribution in [2.45, 2.75) is 11.0 Å². The lowest BCUT2D eigenvalue weighted by molar-refractivity contribution is -0.00258. The number of sulfonamides is 1. The van der Waals surface area contributed by atoms with Gasteiger partial charge in [-0.2, -0.15) is 4.31 Å². The minimum atomic E-state index is -3.58. The number of nitrogens with zero attached hydrogens (tertiary/aromatic N) is 1. The Hall–Kier alpha value is -1.28. The number of rotatable bonds is 3. The van der Waals surface area contributed by atoms with Gasteiger partial charge in [0.05, 0.1) is 17.6 Å². The molecule has 0 spiro atoms. The van der Waals surface area contributed by atoms with E-state index in [2.05, 4.69) is 15.9 Å². The monoisotopic (exact) mass is 399 g/mol. The maximum absolute atomic E-state index is 13.0. The van der Waals surface area contributed by atoms with Gasteiger partial charge in [0.25, 0.3) is 0 Å². The number of halogens is 2. The van der Waals surface area contributed by atoms with Gasteiger partial charge in [0, 0.05) is 17.6 Å². The van der Waals surface area contributed by atoms with Gasteiger partial charge in [-0.3, -0.25) is 0 Å². The average Bonchev–Trinajstić information content (AvgIpc) is 2.56. The van der Waals surface area contributed by atoms with Gasteiger partial charge < -0.3 is 4.74 Å². The van der Waals surface area contributed by atoms with Crippen molar-refractivity contribution in [3.8, 4) is 0 Å². The Bertz CT molecular complexity index is 795. The summed E-state index contributed by atoms with van der Waals surface area (Å²) in [5.74, 6) is -0.330. The Morgan fingerprint density at radius 1 is 1.17 bits per heavy atom. The predicted octanol–water partition coefficient (Wildman–Crippen LogP) is 3.35. The summed E-state index contributed by atoms with van der Waals surface area (Å²) >= 11 is 3.29. The van der Waals surface area contributed by atoms with Crippen LogP contribution in [0.2, 0.25) is 0 Å². The van der Waals surface area contributed by atoms with Crippen LogP contribution in [-0.4, -0.2) is 32.4 Å².